The third-order valence-electron chi connectivity index (χ3n) is 4.50. The number of pyridine rings is 1. The van der Waals surface area contributed by atoms with Crippen LogP contribution in [0.4, 0.5) is 27.6 Å². The molecule has 11 heteroatoms. The van der Waals surface area contributed by atoms with Crippen molar-refractivity contribution in [3.05, 3.63) is 59.4 Å². The lowest BCUT2D eigenvalue weighted by molar-refractivity contribution is -0.215. The normalized spacial score (nSPS) is 20.8. The van der Waals surface area contributed by atoms with Gasteiger partial charge in [-0.15, -0.1) is 0 Å². The van der Waals surface area contributed by atoms with Gasteiger partial charge in [0.05, 0.1) is 6.61 Å². The molecule has 1 fully saturated rings. The molecular formula is C19H18F5N3O3. The molecule has 1 saturated heterocycles. The quantitative estimate of drug-likeness (QED) is 0.573. The Bertz CT molecular complexity index is 907. The van der Waals surface area contributed by atoms with E-state index in [0.717, 1.165) is 12.1 Å². The topological polar surface area (TPSA) is 94.3 Å². The second-order valence-corrected chi connectivity index (χ2v) is 6.49. The Balaban J connectivity index is 0.000000232. The maximum Gasteiger partial charge on any atom is 0.414 e. The number of nitrogens with zero attached hydrogens (tertiary/aromatic N) is 1. The smallest absolute Gasteiger partial charge is 0.368 e. The largest absolute Gasteiger partial charge is 0.414 e. The summed E-state index contributed by atoms with van der Waals surface area (Å²) in [4.78, 5) is 24.3. The van der Waals surface area contributed by atoms with Crippen molar-refractivity contribution < 1.29 is 36.3 Å². The van der Waals surface area contributed by atoms with Crippen LogP contribution >= 0.6 is 0 Å². The molecule has 0 aliphatic carbocycles. The van der Waals surface area contributed by atoms with Crippen LogP contribution in [0.25, 0.3) is 0 Å². The van der Waals surface area contributed by atoms with Gasteiger partial charge in [0.1, 0.15) is 5.69 Å². The maximum absolute atomic E-state index is 13.1. The van der Waals surface area contributed by atoms with Crippen LogP contribution in [0, 0.1) is 17.6 Å². The SMILES string of the molecule is CC1C(c2ccc(F)c(F)c2)COC1C(F)(F)F.NC(=O)c1cc(NC=O)ccn1. The molecule has 1 aliphatic rings. The number of halogens is 5. The van der Waals surface area contributed by atoms with Gasteiger partial charge in [-0.3, -0.25) is 14.6 Å². The van der Waals surface area contributed by atoms with E-state index in [1.54, 1.807) is 6.07 Å². The van der Waals surface area contributed by atoms with E-state index in [1.807, 2.05) is 0 Å². The van der Waals surface area contributed by atoms with Crippen molar-refractivity contribution in [3.8, 4) is 0 Å². The predicted octanol–water partition coefficient (Wildman–Crippen LogP) is 3.39. The minimum Gasteiger partial charge on any atom is -0.368 e. The molecule has 3 unspecified atom stereocenters. The molecule has 30 heavy (non-hydrogen) atoms. The first-order valence-electron chi connectivity index (χ1n) is 8.64. The first-order valence-corrected chi connectivity index (χ1v) is 8.64. The third-order valence-corrected chi connectivity index (χ3v) is 4.50. The molecule has 2 heterocycles. The van der Waals surface area contributed by atoms with Gasteiger partial charge >= 0.3 is 6.18 Å². The monoisotopic (exact) mass is 431 g/mol. The molecular weight excluding hydrogens is 413 g/mol. The highest BCUT2D eigenvalue weighted by molar-refractivity contribution is 5.92. The molecule has 162 valence electrons. The number of ether oxygens (including phenoxy) is 1. The zero-order valence-electron chi connectivity index (χ0n) is 15.6. The van der Waals surface area contributed by atoms with Gasteiger partial charge in [0.25, 0.3) is 5.91 Å². The van der Waals surface area contributed by atoms with E-state index in [0.29, 0.717) is 17.7 Å². The van der Waals surface area contributed by atoms with E-state index < -0.39 is 41.7 Å². The lowest BCUT2D eigenvalue weighted by Gasteiger charge is -2.21. The van der Waals surface area contributed by atoms with Crippen molar-refractivity contribution in [2.24, 2.45) is 11.7 Å². The summed E-state index contributed by atoms with van der Waals surface area (Å²) in [5, 5.41) is 2.37. The van der Waals surface area contributed by atoms with Crippen LogP contribution in [-0.2, 0) is 9.53 Å². The fourth-order valence-corrected chi connectivity index (χ4v) is 2.98. The van der Waals surface area contributed by atoms with Crippen LogP contribution < -0.4 is 11.1 Å². The Morgan fingerprint density at radius 1 is 1.23 bits per heavy atom. The van der Waals surface area contributed by atoms with Crippen molar-refractivity contribution in [1.29, 1.82) is 0 Å². The summed E-state index contributed by atoms with van der Waals surface area (Å²) in [5.74, 6) is -4.10. The number of hydrogen-bond donors (Lipinski definition) is 2. The van der Waals surface area contributed by atoms with Gasteiger partial charge in [-0.1, -0.05) is 13.0 Å². The van der Waals surface area contributed by atoms with Gasteiger partial charge in [-0.05, 0) is 29.8 Å². The predicted molar refractivity (Wildman–Crippen MR) is 96.5 cm³/mol. The molecule has 1 aromatic heterocycles. The molecule has 3 atom stereocenters. The number of rotatable bonds is 4. The number of carbonyl (C=O) groups is 2. The second kappa shape index (κ2) is 9.61. The highest BCUT2D eigenvalue weighted by Crippen LogP contribution is 2.42. The van der Waals surface area contributed by atoms with Crippen LogP contribution in [0.1, 0.15) is 28.9 Å². The van der Waals surface area contributed by atoms with Gasteiger partial charge in [-0.2, -0.15) is 13.2 Å². The molecule has 2 amide bonds. The van der Waals surface area contributed by atoms with Crippen molar-refractivity contribution in [3.63, 3.8) is 0 Å². The summed E-state index contributed by atoms with van der Waals surface area (Å²) in [6, 6.07) is 6.09. The lowest BCUT2D eigenvalue weighted by Crippen LogP contribution is -2.33. The minimum absolute atomic E-state index is 0.127. The van der Waals surface area contributed by atoms with E-state index in [4.69, 9.17) is 10.5 Å². The summed E-state index contributed by atoms with van der Waals surface area (Å²) < 4.78 is 68.3. The van der Waals surface area contributed by atoms with Crippen LogP contribution in [0.15, 0.2) is 36.5 Å². The van der Waals surface area contributed by atoms with Crippen LogP contribution in [0.5, 0.6) is 0 Å². The van der Waals surface area contributed by atoms with Crippen molar-refractivity contribution >= 4 is 18.0 Å². The zero-order valence-corrected chi connectivity index (χ0v) is 15.6. The van der Waals surface area contributed by atoms with E-state index in [2.05, 4.69) is 10.3 Å². The van der Waals surface area contributed by atoms with E-state index in [1.165, 1.54) is 25.3 Å². The van der Waals surface area contributed by atoms with Crippen LogP contribution in [0.2, 0.25) is 0 Å². The van der Waals surface area contributed by atoms with Crippen LogP contribution in [0.3, 0.4) is 0 Å². The molecule has 6 nitrogen and oxygen atoms in total. The number of primary amides is 1. The average molecular weight is 431 g/mol. The van der Waals surface area contributed by atoms with E-state index >= 15 is 0 Å². The molecule has 0 spiro atoms. The minimum atomic E-state index is -4.44. The first kappa shape index (κ1) is 23.2. The van der Waals surface area contributed by atoms with Crippen LogP contribution in [-0.4, -0.2) is 36.2 Å². The van der Waals surface area contributed by atoms with Crippen molar-refractivity contribution in [2.45, 2.75) is 25.1 Å². The number of nitrogens with two attached hydrogens (primary N) is 1. The van der Waals surface area contributed by atoms with Gasteiger partial charge in [0.15, 0.2) is 17.7 Å². The Hall–Kier alpha value is -3.08. The summed E-state index contributed by atoms with van der Waals surface area (Å²) in [6.07, 6.45) is -4.38. The van der Waals surface area contributed by atoms with Gasteiger partial charge in [0.2, 0.25) is 6.41 Å². The molecule has 3 N–H and O–H groups in total. The fraction of sp³-hybridized carbons (Fsp3) is 0.316. The number of aromatic nitrogens is 1. The first-order chi connectivity index (χ1) is 14.0. The molecule has 2 aromatic rings. The molecule has 1 aromatic carbocycles. The van der Waals surface area contributed by atoms with Crippen molar-refractivity contribution in [2.75, 3.05) is 11.9 Å². The molecule has 0 saturated carbocycles. The van der Waals surface area contributed by atoms with E-state index in [-0.39, 0.29) is 12.3 Å². The lowest BCUT2D eigenvalue weighted by atomic mass is 9.86. The number of anilines is 1. The number of hydrogen-bond acceptors (Lipinski definition) is 4. The average Bonchev–Trinajstić information content (AvgIpc) is 3.07. The third kappa shape index (κ3) is 5.72. The molecule has 3 rings (SSSR count). The van der Waals surface area contributed by atoms with Gasteiger partial charge < -0.3 is 15.8 Å². The second-order valence-electron chi connectivity index (χ2n) is 6.49. The Morgan fingerprint density at radius 2 is 1.93 bits per heavy atom. The number of amides is 2. The van der Waals surface area contributed by atoms with Gasteiger partial charge in [-0.25, -0.2) is 8.78 Å². The fourth-order valence-electron chi connectivity index (χ4n) is 2.98. The highest BCUT2D eigenvalue weighted by Gasteiger charge is 2.50. The summed E-state index contributed by atoms with van der Waals surface area (Å²) >= 11 is 0. The number of benzene rings is 1. The van der Waals surface area contributed by atoms with Gasteiger partial charge in [0, 0.05) is 23.7 Å². The Kier molecular flexibility index (Phi) is 7.43. The molecule has 0 radical (unpaired) electrons. The number of carbonyl (C=O) groups excluding carboxylic acids is 2. The standard InChI is InChI=1S/C12H11F5O.C7H7N3O2/c1-6-8(5-18-11(6)12(15,16)17)7-2-3-9(13)10(14)4-7;8-7(12)6-3-5(10-4-11)1-2-9-6/h2-4,6,8,11H,5H2,1H3;1-4H,(H2,8,12)(H,9,10,11). The Labute approximate surface area is 168 Å². The highest BCUT2D eigenvalue weighted by atomic mass is 19.4. The number of nitrogens with one attached hydrogen (secondary N) is 1. The van der Waals surface area contributed by atoms with E-state index in [9.17, 15) is 31.5 Å². The van der Waals surface area contributed by atoms with Crippen molar-refractivity contribution in [1.82, 2.24) is 4.98 Å². The summed E-state index contributed by atoms with van der Waals surface area (Å²) in [5.41, 5.74) is 5.91. The Morgan fingerprint density at radius 3 is 2.47 bits per heavy atom. The zero-order chi connectivity index (χ0) is 22.5. The molecule has 1 aliphatic heterocycles. The molecule has 0 bridgehead atoms. The number of alkyl halides is 3. The maximum atomic E-state index is 13.1. The summed E-state index contributed by atoms with van der Waals surface area (Å²) in [6.45, 7) is 1.26. The summed E-state index contributed by atoms with van der Waals surface area (Å²) in [7, 11) is 0.